The number of aryl methyl sites for hydroxylation is 1. The van der Waals surface area contributed by atoms with Gasteiger partial charge in [0.2, 0.25) is 0 Å². The molecule has 0 amide bonds. The van der Waals surface area contributed by atoms with Crippen molar-refractivity contribution in [1.29, 1.82) is 0 Å². The van der Waals surface area contributed by atoms with Gasteiger partial charge in [-0.15, -0.1) is 0 Å². The number of benzene rings is 1. The number of carboxylic acid groups (broad SMARTS) is 1. The average Bonchev–Trinajstić information content (AvgIpc) is 2.16. The predicted octanol–water partition coefficient (Wildman–Crippen LogP) is 1.51. The van der Waals surface area contributed by atoms with Gasteiger partial charge in [0.05, 0.1) is 12.7 Å². The zero-order valence-electron chi connectivity index (χ0n) is 7.90. The zero-order valence-corrected chi connectivity index (χ0v) is 7.90. The first-order valence-electron chi connectivity index (χ1n) is 3.98. The summed E-state index contributed by atoms with van der Waals surface area (Å²) in [7, 11) is 1.34. The quantitative estimate of drug-likeness (QED) is 0.741. The highest BCUT2D eigenvalue weighted by Crippen LogP contribution is 2.25. The lowest BCUT2D eigenvalue weighted by Crippen LogP contribution is -2.04. The van der Waals surface area contributed by atoms with Crippen LogP contribution in [0.15, 0.2) is 12.1 Å². The van der Waals surface area contributed by atoms with Crippen molar-refractivity contribution < 1.29 is 19.4 Å². The van der Waals surface area contributed by atoms with E-state index in [9.17, 15) is 9.59 Å². The van der Waals surface area contributed by atoms with Crippen molar-refractivity contribution in [2.24, 2.45) is 0 Å². The second-order valence-corrected chi connectivity index (χ2v) is 2.80. The number of carbonyl (C=O) groups excluding carboxylic acids is 1. The number of hydrogen-bond acceptors (Lipinski definition) is 3. The molecule has 14 heavy (non-hydrogen) atoms. The zero-order chi connectivity index (χ0) is 10.7. The molecule has 1 N–H and O–H groups in total. The lowest BCUT2D eigenvalue weighted by atomic mass is 10.0. The Bertz CT molecular complexity index is 382. The van der Waals surface area contributed by atoms with Crippen molar-refractivity contribution in [3.8, 4) is 5.75 Å². The third-order valence-electron chi connectivity index (χ3n) is 1.97. The van der Waals surface area contributed by atoms with Crippen LogP contribution in [0.1, 0.15) is 26.3 Å². The molecule has 1 aromatic carbocycles. The van der Waals surface area contributed by atoms with E-state index in [4.69, 9.17) is 9.84 Å². The molecule has 0 heterocycles. The Balaban J connectivity index is 3.48. The number of rotatable bonds is 3. The van der Waals surface area contributed by atoms with Crippen LogP contribution in [0.5, 0.6) is 5.75 Å². The number of hydrogen-bond donors (Lipinski definition) is 1. The normalized spacial score (nSPS) is 9.57. The first kappa shape index (κ1) is 10.2. The summed E-state index contributed by atoms with van der Waals surface area (Å²) in [4.78, 5) is 21.5. The Morgan fingerprint density at radius 2 is 2.14 bits per heavy atom. The summed E-state index contributed by atoms with van der Waals surface area (Å²) < 4.78 is 4.90. The van der Waals surface area contributed by atoms with Gasteiger partial charge in [-0.25, -0.2) is 4.79 Å². The van der Waals surface area contributed by atoms with Gasteiger partial charge in [-0.3, -0.25) is 4.79 Å². The van der Waals surface area contributed by atoms with E-state index in [2.05, 4.69) is 0 Å². The van der Waals surface area contributed by atoms with Gasteiger partial charge in [0.25, 0.3) is 0 Å². The molecule has 0 radical (unpaired) electrons. The molecule has 4 heteroatoms. The third kappa shape index (κ3) is 1.59. The fourth-order valence-electron chi connectivity index (χ4n) is 1.23. The van der Waals surface area contributed by atoms with E-state index in [0.29, 0.717) is 11.8 Å². The number of aldehydes is 1. The van der Waals surface area contributed by atoms with Crippen LogP contribution in [0.4, 0.5) is 0 Å². The first-order valence-corrected chi connectivity index (χ1v) is 3.98. The molecule has 0 unspecified atom stereocenters. The van der Waals surface area contributed by atoms with Crippen LogP contribution >= 0.6 is 0 Å². The Morgan fingerprint density at radius 3 is 2.57 bits per heavy atom. The van der Waals surface area contributed by atoms with Gasteiger partial charge in [-0.1, -0.05) is 6.07 Å². The minimum atomic E-state index is -1.11. The standard InChI is InChI=1S/C10H10O4/c1-6-3-4-7(10(12)13)9(14-2)8(6)5-11/h3-5H,1-2H3,(H,12,13). The molecule has 0 saturated carbocycles. The van der Waals surface area contributed by atoms with Gasteiger partial charge in [-0.05, 0) is 18.6 Å². The van der Waals surface area contributed by atoms with Gasteiger partial charge in [0, 0.05) is 0 Å². The topological polar surface area (TPSA) is 63.6 Å². The van der Waals surface area contributed by atoms with Crippen LogP contribution < -0.4 is 4.74 Å². The maximum atomic E-state index is 10.8. The number of ether oxygens (including phenoxy) is 1. The van der Waals surface area contributed by atoms with Crippen LogP contribution in [-0.2, 0) is 0 Å². The van der Waals surface area contributed by atoms with E-state index in [-0.39, 0.29) is 16.9 Å². The average molecular weight is 194 g/mol. The highest BCUT2D eigenvalue weighted by atomic mass is 16.5. The fraction of sp³-hybridized carbons (Fsp3) is 0.200. The molecule has 1 aromatic rings. The number of carboxylic acids is 1. The first-order chi connectivity index (χ1) is 6.61. The molecule has 74 valence electrons. The maximum Gasteiger partial charge on any atom is 0.339 e. The molecule has 0 spiro atoms. The summed E-state index contributed by atoms with van der Waals surface area (Å²) in [5.41, 5.74) is 0.981. The van der Waals surface area contributed by atoms with E-state index in [1.54, 1.807) is 13.0 Å². The predicted molar refractivity (Wildman–Crippen MR) is 50.1 cm³/mol. The molecule has 0 saturated heterocycles. The van der Waals surface area contributed by atoms with E-state index < -0.39 is 5.97 Å². The lowest BCUT2D eigenvalue weighted by Gasteiger charge is -2.09. The molecule has 0 aliphatic heterocycles. The molecule has 4 nitrogen and oxygen atoms in total. The Hall–Kier alpha value is -1.84. The minimum Gasteiger partial charge on any atom is -0.495 e. The van der Waals surface area contributed by atoms with Gasteiger partial charge < -0.3 is 9.84 Å². The monoisotopic (exact) mass is 194 g/mol. The minimum absolute atomic E-state index is 0.000185. The number of carbonyl (C=O) groups is 2. The number of aromatic carboxylic acids is 1. The summed E-state index contributed by atoms with van der Waals surface area (Å²) in [6.45, 7) is 1.72. The van der Waals surface area contributed by atoms with Crippen LogP contribution in [0.2, 0.25) is 0 Å². The summed E-state index contributed by atoms with van der Waals surface area (Å²) >= 11 is 0. The SMILES string of the molecule is COc1c(C(=O)O)ccc(C)c1C=O. The second kappa shape index (κ2) is 3.91. The molecule has 0 fully saturated rings. The largest absolute Gasteiger partial charge is 0.495 e. The molecule has 0 bridgehead atoms. The molecule has 0 aromatic heterocycles. The van der Waals surface area contributed by atoms with Crippen molar-refractivity contribution in [3.63, 3.8) is 0 Å². The second-order valence-electron chi connectivity index (χ2n) is 2.80. The Labute approximate surface area is 81.1 Å². The molecule has 0 atom stereocenters. The van der Waals surface area contributed by atoms with E-state index in [0.717, 1.165) is 0 Å². The molecule has 1 rings (SSSR count). The third-order valence-corrected chi connectivity index (χ3v) is 1.97. The summed E-state index contributed by atoms with van der Waals surface area (Å²) in [6.07, 6.45) is 0.598. The maximum absolute atomic E-state index is 10.8. The van der Waals surface area contributed by atoms with Crippen LogP contribution in [-0.4, -0.2) is 24.5 Å². The van der Waals surface area contributed by atoms with Gasteiger partial charge in [0.1, 0.15) is 11.3 Å². The number of methoxy groups -OCH3 is 1. The molecule has 0 aliphatic carbocycles. The smallest absolute Gasteiger partial charge is 0.339 e. The van der Waals surface area contributed by atoms with E-state index in [1.807, 2.05) is 0 Å². The molecular weight excluding hydrogens is 184 g/mol. The van der Waals surface area contributed by atoms with Gasteiger partial charge >= 0.3 is 5.97 Å². The molecular formula is C10H10O4. The van der Waals surface area contributed by atoms with E-state index >= 15 is 0 Å². The van der Waals surface area contributed by atoms with Crippen molar-refractivity contribution >= 4 is 12.3 Å². The summed E-state index contributed by atoms with van der Waals surface area (Å²) in [6, 6.07) is 3.00. The van der Waals surface area contributed by atoms with Crippen molar-refractivity contribution in [3.05, 3.63) is 28.8 Å². The van der Waals surface area contributed by atoms with Crippen LogP contribution in [0.3, 0.4) is 0 Å². The fourth-order valence-corrected chi connectivity index (χ4v) is 1.23. The highest BCUT2D eigenvalue weighted by molar-refractivity contribution is 5.95. The summed E-state index contributed by atoms with van der Waals surface area (Å²) in [5.74, 6) is -0.988. The Morgan fingerprint density at radius 1 is 1.50 bits per heavy atom. The van der Waals surface area contributed by atoms with Crippen molar-refractivity contribution in [2.75, 3.05) is 7.11 Å². The van der Waals surface area contributed by atoms with E-state index in [1.165, 1.54) is 13.2 Å². The Kier molecular flexibility index (Phi) is 2.86. The van der Waals surface area contributed by atoms with Gasteiger partial charge in [0.15, 0.2) is 6.29 Å². The van der Waals surface area contributed by atoms with Crippen molar-refractivity contribution in [2.45, 2.75) is 6.92 Å². The highest BCUT2D eigenvalue weighted by Gasteiger charge is 2.15. The van der Waals surface area contributed by atoms with Crippen LogP contribution in [0, 0.1) is 6.92 Å². The summed E-state index contributed by atoms with van der Waals surface area (Å²) in [5, 5.41) is 8.81. The van der Waals surface area contributed by atoms with Crippen molar-refractivity contribution in [1.82, 2.24) is 0 Å². The molecule has 0 aliphatic rings. The lowest BCUT2D eigenvalue weighted by molar-refractivity contribution is 0.0693. The van der Waals surface area contributed by atoms with Gasteiger partial charge in [-0.2, -0.15) is 0 Å². The van der Waals surface area contributed by atoms with Crippen LogP contribution in [0.25, 0.3) is 0 Å².